The average molecular weight is 351 g/mol. The number of fused-ring (bicyclic) bond motifs is 1. The lowest BCUT2D eigenvalue weighted by molar-refractivity contribution is -0.174. The highest BCUT2D eigenvalue weighted by atomic mass is 16.5. The van der Waals surface area contributed by atoms with Crippen LogP contribution in [0.3, 0.4) is 0 Å². The summed E-state index contributed by atoms with van der Waals surface area (Å²) in [5.74, 6) is 1.81. The molecule has 0 spiro atoms. The van der Waals surface area contributed by atoms with Gasteiger partial charge in [0.15, 0.2) is 6.10 Å². The molecule has 1 heterocycles. The lowest BCUT2D eigenvalue weighted by atomic mass is 9.49. The normalized spacial score (nSPS) is 33.3. The van der Waals surface area contributed by atoms with E-state index >= 15 is 0 Å². The number of hydrogen-bond acceptors (Lipinski definition) is 3. The number of carbonyl (C=O) groups is 2. The molecule has 4 bridgehead atoms. The minimum Gasteiger partial charge on any atom is -0.454 e. The van der Waals surface area contributed by atoms with Crippen molar-refractivity contribution in [1.82, 2.24) is 4.98 Å². The molecule has 1 atom stereocenters. The predicted molar refractivity (Wildman–Crippen MR) is 98.8 cm³/mol. The average Bonchev–Trinajstić information content (AvgIpc) is 3.04. The van der Waals surface area contributed by atoms with E-state index in [1.54, 1.807) is 13.1 Å². The fourth-order valence-electron chi connectivity index (χ4n) is 6.19. The van der Waals surface area contributed by atoms with Crippen molar-refractivity contribution < 1.29 is 14.3 Å². The minimum atomic E-state index is -0.741. The number of nitrogens with one attached hydrogen (secondary N) is 1. The molecular weight excluding hydrogens is 326 g/mol. The summed E-state index contributed by atoms with van der Waals surface area (Å²) in [7, 11) is 0. The molecule has 4 fully saturated rings. The summed E-state index contributed by atoms with van der Waals surface area (Å²) < 4.78 is 5.77. The Morgan fingerprint density at radius 2 is 1.69 bits per heavy atom. The number of carbonyl (C=O) groups excluding carboxylic acids is 2. The van der Waals surface area contributed by atoms with E-state index in [0.717, 1.165) is 30.2 Å². The van der Waals surface area contributed by atoms with Crippen molar-refractivity contribution in [3.05, 3.63) is 36.0 Å². The van der Waals surface area contributed by atoms with Gasteiger partial charge in [0.25, 0.3) is 0 Å². The van der Waals surface area contributed by atoms with E-state index in [-0.39, 0.29) is 17.2 Å². The first-order chi connectivity index (χ1) is 12.5. The van der Waals surface area contributed by atoms with Gasteiger partial charge < -0.3 is 9.72 Å². The van der Waals surface area contributed by atoms with Gasteiger partial charge in [-0.2, -0.15) is 0 Å². The van der Waals surface area contributed by atoms with Crippen molar-refractivity contribution in [3.8, 4) is 0 Å². The zero-order chi connectivity index (χ0) is 17.9. The van der Waals surface area contributed by atoms with Crippen LogP contribution < -0.4 is 0 Å². The molecule has 4 aliphatic rings. The number of aromatic nitrogens is 1. The van der Waals surface area contributed by atoms with Gasteiger partial charge in [-0.25, -0.2) is 0 Å². The van der Waals surface area contributed by atoms with E-state index in [1.807, 2.05) is 24.3 Å². The van der Waals surface area contributed by atoms with E-state index < -0.39 is 6.10 Å². The van der Waals surface area contributed by atoms with Crippen molar-refractivity contribution in [3.63, 3.8) is 0 Å². The summed E-state index contributed by atoms with van der Waals surface area (Å²) in [5.41, 5.74) is 1.21. The number of ketones is 1. The van der Waals surface area contributed by atoms with Crippen molar-refractivity contribution in [1.29, 1.82) is 0 Å². The molecule has 26 heavy (non-hydrogen) atoms. The van der Waals surface area contributed by atoms with E-state index in [2.05, 4.69) is 4.98 Å². The van der Waals surface area contributed by atoms with Crippen molar-refractivity contribution in [2.24, 2.45) is 23.2 Å². The highest BCUT2D eigenvalue weighted by molar-refractivity contribution is 6.10. The Bertz CT molecular complexity index is 845. The summed E-state index contributed by atoms with van der Waals surface area (Å²) in [4.78, 5) is 29.1. The number of para-hydroxylation sites is 1. The van der Waals surface area contributed by atoms with E-state index in [0.29, 0.717) is 23.3 Å². The first-order valence-corrected chi connectivity index (χ1v) is 9.85. The number of aromatic amines is 1. The zero-order valence-electron chi connectivity index (χ0n) is 15.2. The fourth-order valence-corrected chi connectivity index (χ4v) is 6.19. The standard InChI is InChI=1S/C22H25NO3/c1-13(20(24)18-12-23-19-5-3-2-4-17(18)19)26-21(25)22-9-14-6-15(10-22)8-16(7-14)11-22/h2-5,12-16,23H,6-11H2,1H3/t13-,14?,15?,16?,22?/m0/s1. The van der Waals surface area contributed by atoms with Gasteiger partial charge >= 0.3 is 5.97 Å². The topological polar surface area (TPSA) is 59.2 Å². The molecule has 0 unspecified atom stereocenters. The second-order valence-corrected chi connectivity index (χ2v) is 8.86. The number of benzene rings is 1. The van der Waals surface area contributed by atoms with E-state index in [9.17, 15) is 9.59 Å². The summed E-state index contributed by atoms with van der Waals surface area (Å²) in [6.45, 7) is 1.71. The third-order valence-electron chi connectivity index (χ3n) is 6.98. The number of H-pyrrole nitrogens is 1. The molecule has 4 saturated carbocycles. The molecule has 1 aromatic heterocycles. The zero-order valence-corrected chi connectivity index (χ0v) is 15.2. The van der Waals surface area contributed by atoms with Crippen LogP contribution in [-0.2, 0) is 9.53 Å². The summed E-state index contributed by atoms with van der Waals surface area (Å²) in [6, 6.07) is 7.72. The van der Waals surface area contributed by atoms with Crippen LogP contribution in [0.25, 0.3) is 10.9 Å². The van der Waals surface area contributed by atoms with Crippen LogP contribution in [0, 0.1) is 23.2 Å². The Kier molecular flexibility index (Phi) is 3.53. The quantitative estimate of drug-likeness (QED) is 0.652. The van der Waals surface area contributed by atoms with Crippen molar-refractivity contribution in [2.45, 2.75) is 51.6 Å². The molecule has 0 amide bonds. The first kappa shape index (κ1) is 16.1. The third kappa shape index (κ3) is 2.42. The highest BCUT2D eigenvalue weighted by Gasteiger charge is 2.55. The summed E-state index contributed by atoms with van der Waals surface area (Å²) >= 11 is 0. The second kappa shape index (κ2) is 5.70. The molecule has 1 aromatic carbocycles. The maximum atomic E-state index is 13.1. The maximum Gasteiger partial charge on any atom is 0.312 e. The summed E-state index contributed by atoms with van der Waals surface area (Å²) in [6.07, 6.45) is 7.74. The lowest BCUT2D eigenvalue weighted by Crippen LogP contribution is -2.51. The summed E-state index contributed by atoms with van der Waals surface area (Å²) in [5, 5.41) is 0.884. The van der Waals surface area contributed by atoms with Gasteiger partial charge in [-0.1, -0.05) is 18.2 Å². The van der Waals surface area contributed by atoms with Gasteiger partial charge in [0.2, 0.25) is 5.78 Å². The molecule has 4 heteroatoms. The van der Waals surface area contributed by atoms with Gasteiger partial charge in [0.05, 0.1) is 5.41 Å². The van der Waals surface area contributed by atoms with Crippen LogP contribution in [0.1, 0.15) is 55.8 Å². The molecule has 0 radical (unpaired) electrons. The van der Waals surface area contributed by atoms with Crippen molar-refractivity contribution in [2.75, 3.05) is 0 Å². The Morgan fingerprint density at radius 1 is 1.08 bits per heavy atom. The van der Waals surface area contributed by atoms with Gasteiger partial charge in [-0.15, -0.1) is 0 Å². The second-order valence-electron chi connectivity index (χ2n) is 8.86. The Morgan fingerprint density at radius 3 is 2.35 bits per heavy atom. The molecule has 4 nitrogen and oxygen atoms in total. The minimum absolute atomic E-state index is 0.125. The largest absolute Gasteiger partial charge is 0.454 e. The predicted octanol–water partition coefficient (Wildman–Crippen LogP) is 4.50. The van der Waals surface area contributed by atoms with Gasteiger partial charge in [0, 0.05) is 22.7 Å². The number of hydrogen-bond donors (Lipinski definition) is 1. The Labute approximate surface area is 153 Å². The lowest BCUT2D eigenvalue weighted by Gasteiger charge is -2.55. The third-order valence-corrected chi connectivity index (χ3v) is 6.98. The van der Waals surface area contributed by atoms with Gasteiger partial charge in [0.1, 0.15) is 0 Å². The van der Waals surface area contributed by atoms with Crippen molar-refractivity contribution >= 4 is 22.7 Å². The van der Waals surface area contributed by atoms with Gasteiger partial charge in [-0.05, 0) is 69.3 Å². The number of esters is 1. The first-order valence-electron chi connectivity index (χ1n) is 9.85. The molecule has 4 aliphatic carbocycles. The van der Waals surface area contributed by atoms with Gasteiger partial charge in [-0.3, -0.25) is 9.59 Å². The van der Waals surface area contributed by atoms with Crippen LogP contribution in [0.5, 0.6) is 0 Å². The van der Waals surface area contributed by atoms with Crippen LogP contribution in [0.4, 0.5) is 0 Å². The van der Waals surface area contributed by atoms with Crippen LogP contribution in [0.15, 0.2) is 30.5 Å². The maximum absolute atomic E-state index is 13.1. The number of Topliss-reactive ketones (excluding diaryl/α,β-unsaturated/α-hetero) is 1. The Hall–Kier alpha value is -2.10. The van der Waals surface area contributed by atoms with Crippen LogP contribution in [-0.4, -0.2) is 22.8 Å². The molecule has 2 aromatic rings. The molecule has 136 valence electrons. The molecule has 1 N–H and O–H groups in total. The molecular formula is C22H25NO3. The highest BCUT2D eigenvalue weighted by Crippen LogP contribution is 2.60. The fraction of sp³-hybridized carbons (Fsp3) is 0.545. The molecule has 6 rings (SSSR count). The number of rotatable bonds is 4. The van der Waals surface area contributed by atoms with E-state index in [1.165, 1.54) is 19.3 Å². The molecule has 0 saturated heterocycles. The van der Waals surface area contributed by atoms with Crippen LogP contribution in [0.2, 0.25) is 0 Å². The molecule has 0 aliphatic heterocycles. The monoisotopic (exact) mass is 351 g/mol. The Balaban J connectivity index is 1.34. The smallest absolute Gasteiger partial charge is 0.312 e. The van der Waals surface area contributed by atoms with E-state index in [4.69, 9.17) is 4.74 Å². The van der Waals surface area contributed by atoms with Crippen LogP contribution >= 0.6 is 0 Å². The SMILES string of the molecule is C[C@H](OC(=O)C12CC3CC(CC(C3)C1)C2)C(=O)c1c[nH]c2ccccc12. The number of ether oxygens (including phenoxy) is 1.